The molecule has 0 unspecified atom stereocenters. The molecule has 8 heteroatoms. The fourth-order valence-electron chi connectivity index (χ4n) is 2.53. The van der Waals surface area contributed by atoms with Crippen molar-refractivity contribution < 1.29 is 9.85 Å². The summed E-state index contributed by atoms with van der Waals surface area (Å²) < 4.78 is 0. The lowest BCUT2D eigenvalue weighted by Crippen LogP contribution is -2.07. The maximum Gasteiger partial charge on any atom is 0.278 e. The average Bonchev–Trinajstić information content (AvgIpc) is 2.59. The van der Waals surface area contributed by atoms with Crippen LogP contribution in [0.25, 0.3) is 0 Å². The molecule has 0 aliphatic carbocycles. The molecule has 140 valence electrons. The van der Waals surface area contributed by atoms with Crippen LogP contribution < -0.4 is 5.32 Å². The zero-order valence-electron chi connectivity index (χ0n) is 14.9. The number of nitrogens with one attached hydrogen (secondary N) is 1. The number of unbranched alkanes of at least 4 members (excludes halogenated alkanes) is 4. The molecule has 25 heavy (non-hydrogen) atoms. The molecule has 0 aliphatic rings. The molecular weight excluding hydrogens is 342 g/mol. The molecule has 0 radical (unpaired) electrons. The first-order valence-electron chi connectivity index (χ1n) is 8.77. The van der Waals surface area contributed by atoms with Crippen molar-refractivity contribution in [2.45, 2.75) is 64.0 Å². The van der Waals surface area contributed by atoms with Gasteiger partial charge in [0.1, 0.15) is 0 Å². The van der Waals surface area contributed by atoms with Gasteiger partial charge in [-0.05, 0) is 12.8 Å². The van der Waals surface area contributed by atoms with Crippen LogP contribution in [0.2, 0.25) is 0 Å². The van der Waals surface area contributed by atoms with Crippen molar-refractivity contribution in [3.63, 3.8) is 0 Å². The van der Waals surface area contributed by atoms with E-state index < -0.39 is 9.85 Å². The third kappa shape index (κ3) is 8.20. The van der Waals surface area contributed by atoms with Crippen LogP contribution in [0.4, 0.5) is 17.1 Å². The van der Waals surface area contributed by atoms with E-state index in [1.165, 1.54) is 44.2 Å². The van der Waals surface area contributed by atoms with Gasteiger partial charge in [0.15, 0.2) is 0 Å². The van der Waals surface area contributed by atoms with Gasteiger partial charge in [-0.2, -0.15) is 0 Å². The quantitative estimate of drug-likeness (QED) is 0.206. The Balaban J connectivity index is 2.50. The Morgan fingerprint density at radius 2 is 1.60 bits per heavy atom. The Morgan fingerprint density at radius 3 is 2.12 bits per heavy atom. The summed E-state index contributed by atoms with van der Waals surface area (Å²) in [7, 11) is 0. The molecule has 1 atom stereocenters. The lowest BCUT2D eigenvalue weighted by Gasteiger charge is -2.15. The first-order chi connectivity index (χ1) is 12.0. The van der Waals surface area contributed by atoms with E-state index in [0.29, 0.717) is 16.8 Å². The summed E-state index contributed by atoms with van der Waals surface area (Å²) in [4.78, 5) is 20.6. The van der Waals surface area contributed by atoms with E-state index in [4.69, 9.17) is 0 Å². The highest BCUT2D eigenvalue weighted by Gasteiger charge is 2.16. The van der Waals surface area contributed by atoms with Crippen molar-refractivity contribution in [3.8, 4) is 0 Å². The van der Waals surface area contributed by atoms with Crippen LogP contribution in [0.1, 0.15) is 58.8 Å². The van der Waals surface area contributed by atoms with Gasteiger partial charge in [0.25, 0.3) is 11.4 Å². The number of thioether (sulfide) groups is 1. The van der Waals surface area contributed by atoms with Crippen LogP contribution in [-0.2, 0) is 0 Å². The number of nitrogens with zero attached hydrogens (tertiary/aromatic N) is 2. The number of benzene rings is 1. The highest BCUT2D eigenvalue weighted by atomic mass is 32.2. The highest BCUT2D eigenvalue weighted by molar-refractivity contribution is 7.99. The molecule has 1 N–H and O–H groups in total. The Bertz CT molecular complexity index is 537. The second-order valence-electron chi connectivity index (χ2n) is 5.97. The van der Waals surface area contributed by atoms with Crippen LogP contribution in [0, 0.1) is 20.2 Å². The molecule has 7 nitrogen and oxygen atoms in total. The molecule has 0 spiro atoms. The monoisotopic (exact) mass is 369 g/mol. The lowest BCUT2D eigenvalue weighted by atomic mass is 10.1. The van der Waals surface area contributed by atoms with E-state index in [2.05, 4.69) is 19.2 Å². The van der Waals surface area contributed by atoms with Gasteiger partial charge in [0.05, 0.1) is 21.8 Å². The minimum atomic E-state index is -0.615. The zero-order valence-corrected chi connectivity index (χ0v) is 15.7. The summed E-state index contributed by atoms with van der Waals surface area (Å²) in [6.07, 6.45) is 8.51. The van der Waals surface area contributed by atoms with Crippen molar-refractivity contribution >= 4 is 28.8 Å². The van der Waals surface area contributed by atoms with Crippen LogP contribution in [0.5, 0.6) is 0 Å². The van der Waals surface area contributed by atoms with Gasteiger partial charge in [0, 0.05) is 23.1 Å². The van der Waals surface area contributed by atoms with Gasteiger partial charge in [0.2, 0.25) is 0 Å². The van der Waals surface area contributed by atoms with E-state index >= 15 is 0 Å². The summed E-state index contributed by atoms with van der Waals surface area (Å²) >= 11 is 1.76. The SMILES string of the molecule is CCCCCCC[C@H](CC)SCNc1cc([N+](=O)[O-])cc([N+](=O)[O-])c1. The Kier molecular flexibility index (Phi) is 9.91. The Morgan fingerprint density at radius 1 is 1.00 bits per heavy atom. The minimum Gasteiger partial charge on any atom is -0.376 e. The molecule has 0 saturated carbocycles. The van der Waals surface area contributed by atoms with Gasteiger partial charge < -0.3 is 5.32 Å². The molecule has 0 fully saturated rings. The third-order valence-electron chi connectivity index (χ3n) is 4.00. The molecule has 1 aromatic carbocycles. The largest absolute Gasteiger partial charge is 0.376 e. The molecule has 1 rings (SSSR count). The number of hydrogen-bond acceptors (Lipinski definition) is 6. The van der Waals surface area contributed by atoms with Crippen molar-refractivity contribution in [1.82, 2.24) is 0 Å². The summed E-state index contributed by atoms with van der Waals surface area (Å²) in [5.41, 5.74) is -0.138. The fraction of sp³-hybridized carbons (Fsp3) is 0.647. The smallest absolute Gasteiger partial charge is 0.278 e. The number of nitro benzene ring substituents is 2. The summed E-state index contributed by atoms with van der Waals surface area (Å²) in [6.45, 7) is 4.36. The topological polar surface area (TPSA) is 98.3 Å². The second-order valence-corrected chi connectivity index (χ2v) is 7.26. The van der Waals surface area contributed by atoms with E-state index in [1.807, 2.05) is 0 Å². The van der Waals surface area contributed by atoms with Crippen LogP contribution in [0.3, 0.4) is 0 Å². The Hall–Kier alpha value is -1.83. The van der Waals surface area contributed by atoms with Crippen LogP contribution in [0.15, 0.2) is 18.2 Å². The maximum absolute atomic E-state index is 10.9. The fourth-order valence-corrected chi connectivity index (χ4v) is 3.59. The molecule has 1 aromatic rings. The first-order valence-corrected chi connectivity index (χ1v) is 9.82. The molecule has 0 bridgehead atoms. The normalized spacial score (nSPS) is 11.9. The molecule has 0 aliphatic heterocycles. The van der Waals surface area contributed by atoms with Crippen molar-refractivity contribution in [1.29, 1.82) is 0 Å². The standard InChI is InChI=1S/C17H27N3O4S/c1-3-5-6-7-8-9-17(4-2)25-13-18-14-10-15(19(21)22)12-16(11-14)20(23)24/h10-12,17-18H,3-9,13H2,1-2H3/t17-/m0/s1. The first kappa shape index (κ1) is 21.2. The molecule has 0 heterocycles. The van der Waals surface area contributed by atoms with Gasteiger partial charge in [-0.3, -0.25) is 20.2 Å². The zero-order chi connectivity index (χ0) is 18.7. The summed E-state index contributed by atoms with van der Waals surface area (Å²) in [5.74, 6) is 0.575. The number of nitro groups is 2. The van der Waals surface area contributed by atoms with Gasteiger partial charge >= 0.3 is 0 Å². The highest BCUT2D eigenvalue weighted by Crippen LogP contribution is 2.27. The number of non-ortho nitro benzene ring substituents is 2. The van der Waals surface area contributed by atoms with Crippen LogP contribution in [-0.4, -0.2) is 21.0 Å². The number of rotatable bonds is 13. The summed E-state index contributed by atoms with van der Waals surface area (Å²) in [5, 5.41) is 25.4. The van der Waals surface area contributed by atoms with Gasteiger partial charge in [-0.15, -0.1) is 11.8 Å². The van der Waals surface area contributed by atoms with E-state index in [-0.39, 0.29) is 11.4 Å². The maximum atomic E-state index is 10.9. The number of anilines is 1. The minimum absolute atomic E-state index is 0.273. The van der Waals surface area contributed by atoms with E-state index in [9.17, 15) is 20.2 Å². The predicted molar refractivity (Wildman–Crippen MR) is 103 cm³/mol. The van der Waals surface area contributed by atoms with Gasteiger partial charge in [-0.25, -0.2) is 0 Å². The average molecular weight is 369 g/mol. The van der Waals surface area contributed by atoms with Gasteiger partial charge in [-0.1, -0.05) is 46.0 Å². The van der Waals surface area contributed by atoms with Crippen LogP contribution >= 0.6 is 11.8 Å². The van der Waals surface area contributed by atoms with E-state index in [0.717, 1.165) is 18.9 Å². The van der Waals surface area contributed by atoms with E-state index in [1.54, 1.807) is 11.8 Å². The molecule has 0 aromatic heterocycles. The summed E-state index contributed by atoms with van der Waals surface area (Å²) in [6, 6.07) is 3.64. The predicted octanol–water partition coefficient (Wildman–Crippen LogP) is 5.74. The Labute approximate surface area is 152 Å². The lowest BCUT2D eigenvalue weighted by molar-refractivity contribution is -0.394. The molecular formula is C17H27N3O4S. The molecule has 0 saturated heterocycles. The van der Waals surface area contributed by atoms with Crippen molar-refractivity contribution in [2.24, 2.45) is 0 Å². The number of hydrogen-bond donors (Lipinski definition) is 1. The second kappa shape index (κ2) is 11.7. The molecule has 0 amide bonds. The van der Waals surface area contributed by atoms with Crippen molar-refractivity contribution in [3.05, 3.63) is 38.4 Å². The third-order valence-corrected chi connectivity index (χ3v) is 5.36. The van der Waals surface area contributed by atoms with Crippen molar-refractivity contribution in [2.75, 3.05) is 11.2 Å².